The largest absolute Gasteiger partial charge is 0.379 e. The van der Waals surface area contributed by atoms with Gasteiger partial charge < -0.3 is 60.9 Å². The van der Waals surface area contributed by atoms with Gasteiger partial charge in [-0.2, -0.15) is 0 Å². The molecule has 0 bridgehead atoms. The molecule has 0 aliphatic carbocycles. The number of likely N-dealkylation sites (tertiary alicyclic amines) is 1. The van der Waals surface area contributed by atoms with Crippen molar-refractivity contribution in [2.75, 3.05) is 129 Å². The van der Waals surface area contributed by atoms with Crippen LogP contribution in [0.1, 0.15) is 73.1 Å². The van der Waals surface area contributed by atoms with Crippen LogP contribution in [-0.2, 0) is 39.8 Å². The smallest absolute Gasteiger partial charge is 0.272 e. The fraction of sp³-hybridized carbons (Fsp3) is 0.509. The molecule has 3 saturated heterocycles. The molecule has 5 aromatic rings. The summed E-state index contributed by atoms with van der Waals surface area (Å²) in [5.74, 6) is 0.193. The van der Waals surface area contributed by atoms with E-state index in [0.717, 1.165) is 58.5 Å². The van der Waals surface area contributed by atoms with Crippen LogP contribution in [0.3, 0.4) is 0 Å². The van der Waals surface area contributed by atoms with Gasteiger partial charge in [-0.25, -0.2) is 15.0 Å². The van der Waals surface area contributed by atoms with Crippen LogP contribution in [0.4, 0.5) is 11.5 Å². The minimum absolute atomic E-state index is 0.0170. The van der Waals surface area contributed by atoms with E-state index in [1.807, 2.05) is 59.6 Å². The molecule has 424 valence electrons. The fourth-order valence-electron chi connectivity index (χ4n) is 10.1. The molecule has 2 aromatic carbocycles. The van der Waals surface area contributed by atoms with Gasteiger partial charge >= 0.3 is 0 Å². The van der Waals surface area contributed by atoms with Gasteiger partial charge in [0.25, 0.3) is 5.91 Å². The molecule has 0 saturated carbocycles. The number of H-pyrrole nitrogens is 1. The summed E-state index contributed by atoms with van der Waals surface area (Å²) in [6.07, 6.45) is 9.09. The summed E-state index contributed by atoms with van der Waals surface area (Å²) in [6.45, 7) is 9.90. The molecule has 79 heavy (non-hydrogen) atoms. The van der Waals surface area contributed by atoms with Gasteiger partial charge in [-0.05, 0) is 85.5 Å². The van der Waals surface area contributed by atoms with Crippen LogP contribution in [0.2, 0.25) is 5.02 Å². The number of amides is 5. The van der Waals surface area contributed by atoms with Crippen molar-refractivity contribution in [1.82, 2.24) is 50.6 Å². The van der Waals surface area contributed by atoms with Crippen LogP contribution in [0.25, 0.3) is 22.2 Å². The highest BCUT2D eigenvalue weighted by molar-refractivity contribution is 6.30. The van der Waals surface area contributed by atoms with Crippen molar-refractivity contribution in [2.24, 2.45) is 11.7 Å². The molecule has 6 heterocycles. The first kappa shape index (κ1) is 58.6. The average Bonchev–Trinajstić information content (AvgIpc) is 4.00. The third-order valence-electron chi connectivity index (χ3n) is 15.0. The number of nitrogens with zero attached hydrogens (tertiary/aromatic N) is 7. The lowest BCUT2D eigenvalue weighted by atomic mass is 9.87. The number of nitrogens with one attached hydrogen (secondary N) is 5. The highest BCUT2D eigenvalue weighted by atomic mass is 35.5. The number of aryl methyl sites for hydroxylation is 1. The molecule has 8 rings (SSSR count). The lowest BCUT2D eigenvalue weighted by molar-refractivity contribution is -0.134. The van der Waals surface area contributed by atoms with Gasteiger partial charge in [-0.1, -0.05) is 54.9 Å². The summed E-state index contributed by atoms with van der Waals surface area (Å²) in [4.78, 5) is 90.2. The highest BCUT2D eigenvalue weighted by Gasteiger charge is 2.39. The first-order valence-corrected chi connectivity index (χ1v) is 28.0. The molecule has 22 heteroatoms. The molecule has 3 aliphatic rings. The zero-order valence-corrected chi connectivity index (χ0v) is 46.2. The van der Waals surface area contributed by atoms with E-state index in [1.54, 1.807) is 30.5 Å². The summed E-state index contributed by atoms with van der Waals surface area (Å²) < 4.78 is 17.1. The van der Waals surface area contributed by atoms with E-state index in [4.69, 9.17) is 31.5 Å². The summed E-state index contributed by atoms with van der Waals surface area (Å²) >= 11 is 6.25. The zero-order valence-electron chi connectivity index (χ0n) is 45.5. The van der Waals surface area contributed by atoms with Gasteiger partial charge in [0.05, 0.1) is 75.3 Å². The van der Waals surface area contributed by atoms with Gasteiger partial charge in [-0.3, -0.25) is 28.9 Å². The Bertz CT molecular complexity index is 2820. The third-order valence-corrected chi connectivity index (χ3v) is 15.3. The van der Waals surface area contributed by atoms with Crippen molar-refractivity contribution < 1.29 is 38.2 Å². The van der Waals surface area contributed by atoms with Gasteiger partial charge in [0.15, 0.2) is 5.69 Å². The number of anilines is 2. The highest BCUT2D eigenvalue weighted by Crippen LogP contribution is 2.30. The maximum Gasteiger partial charge on any atom is 0.272 e. The molecule has 0 spiro atoms. The number of aromatic amines is 1. The Kier molecular flexibility index (Phi) is 21.5. The monoisotopic (exact) mass is 1110 g/mol. The Morgan fingerprint density at radius 2 is 1.62 bits per heavy atom. The molecular formula is C57H76ClN13O8. The summed E-state index contributed by atoms with van der Waals surface area (Å²) in [5.41, 5.74) is 10.8. The van der Waals surface area contributed by atoms with Crippen molar-refractivity contribution >= 4 is 63.7 Å². The second-order valence-electron chi connectivity index (χ2n) is 20.5. The Balaban J connectivity index is 0.680. The van der Waals surface area contributed by atoms with Gasteiger partial charge in [0.2, 0.25) is 23.6 Å². The number of halogens is 1. The molecule has 7 N–H and O–H groups in total. The Morgan fingerprint density at radius 1 is 0.873 bits per heavy atom. The van der Waals surface area contributed by atoms with E-state index in [-0.39, 0.29) is 74.0 Å². The summed E-state index contributed by atoms with van der Waals surface area (Å²) in [7, 11) is 1.80. The molecule has 3 aliphatic heterocycles. The minimum Gasteiger partial charge on any atom is -0.379 e. The molecule has 3 aromatic heterocycles. The normalized spacial score (nSPS) is 17.2. The SMILES string of the molecule is CCc1cccc(-c2cnc(C(=O)NCCOCCOCCOCCC(=O)N3CCN(CC[C@H](NC(=O)C4(N)CCN(c5ncnc6[nH]ccc56)CC4)c4ccc(Cl)cc4)CC3)c(NC(=O)CNCC3CCN(C)C(=O)C3)c2)c1. The molecule has 2 atom stereocenters. The lowest BCUT2D eigenvalue weighted by Gasteiger charge is -2.39. The quantitative estimate of drug-likeness (QED) is 0.0404. The van der Waals surface area contributed by atoms with Gasteiger partial charge in [0, 0.05) is 95.4 Å². The molecule has 0 radical (unpaired) electrons. The number of piperazine rings is 1. The van der Waals surface area contributed by atoms with Crippen molar-refractivity contribution in [2.45, 2.75) is 63.5 Å². The van der Waals surface area contributed by atoms with Crippen LogP contribution >= 0.6 is 11.6 Å². The van der Waals surface area contributed by atoms with E-state index in [9.17, 15) is 24.0 Å². The van der Waals surface area contributed by atoms with Crippen LogP contribution in [0.5, 0.6) is 0 Å². The number of carbonyl (C=O) groups excluding carboxylic acids is 5. The van der Waals surface area contributed by atoms with E-state index >= 15 is 0 Å². The van der Waals surface area contributed by atoms with Crippen LogP contribution in [-0.4, -0.2) is 188 Å². The van der Waals surface area contributed by atoms with E-state index in [2.05, 4.69) is 64.0 Å². The average molecular weight is 1110 g/mol. The second-order valence-corrected chi connectivity index (χ2v) is 21.0. The number of ether oxygens (including phenoxy) is 3. The number of hydrogen-bond donors (Lipinski definition) is 6. The Morgan fingerprint density at radius 3 is 2.37 bits per heavy atom. The topological polar surface area (TPSA) is 255 Å². The molecule has 21 nitrogen and oxygen atoms in total. The maximum absolute atomic E-state index is 13.9. The number of pyridine rings is 1. The number of hydrogen-bond acceptors (Lipinski definition) is 15. The van der Waals surface area contributed by atoms with E-state index in [1.165, 1.54) is 0 Å². The predicted octanol–water partition coefficient (Wildman–Crippen LogP) is 4.19. The number of aromatic nitrogens is 4. The summed E-state index contributed by atoms with van der Waals surface area (Å²) in [6, 6.07) is 19.1. The second kappa shape index (κ2) is 29.0. The van der Waals surface area contributed by atoms with Crippen LogP contribution in [0, 0.1) is 5.92 Å². The number of fused-ring (bicyclic) bond motifs is 1. The number of benzene rings is 2. The number of piperidine rings is 2. The molecular weight excluding hydrogens is 1030 g/mol. The van der Waals surface area contributed by atoms with Gasteiger partial charge in [-0.15, -0.1) is 0 Å². The van der Waals surface area contributed by atoms with Crippen LogP contribution < -0.4 is 31.9 Å². The predicted molar refractivity (Wildman–Crippen MR) is 303 cm³/mol. The lowest BCUT2D eigenvalue weighted by Crippen LogP contribution is -2.60. The first-order valence-electron chi connectivity index (χ1n) is 27.6. The maximum atomic E-state index is 13.9. The fourth-order valence-corrected chi connectivity index (χ4v) is 10.2. The van der Waals surface area contributed by atoms with Crippen molar-refractivity contribution in [3.8, 4) is 11.1 Å². The third kappa shape index (κ3) is 16.7. The number of carbonyl (C=O) groups is 5. The molecule has 5 amide bonds. The van der Waals surface area contributed by atoms with Gasteiger partial charge in [0.1, 0.15) is 17.8 Å². The molecule has 3 fully saturated rings. The van der Waals surface area contributed by atoms with Crippen molar-refractivity contribution in [3.05, 3.63) is 101 Å². The number of nitrogens with two attached hydrogens (primary N) is 1. The van der Waals surface area contributed by atoms with Crippen LogP contribution in [0.15, 0.2) is 79.4 Å². The Labute approximate surface area is 467 Å². The Hall–Kier alpha value is -6.59. The van der Waals surface area contributed by atoms with E-state index < -0.39 is 11.4 Å². The standard InChI is InChI=1S/C57H76ClN13O8/c1-3-40-5-4-6-43(33-40)44-35-48(66-49(72)38-60-36-41-12-19-68(2)51(74)34-41)52(63-37-44)55(75)62-18-28-78-30-32-79-31-29-77-27-14-50(73)70-25-23-69(24-26-70)20-13-47(42-7-9-45(58)10-8-42)67-56(76)57(59)15-21-71(22-16-57)54-46-11-17-61-53(46)64-39-65-54/h4-11,17,33,35,37,39,41,47,60H,3,12-16,18-32,34,36,38,59H2,1-2H3,(H,62,75)(H,66,72)(H,67,76)(H,61,64,65)/t41?,47-/m0/s1. The zero-order chi connectivity index (χ0) is 55.6. The van der Waals surface area contributed by atoms with Crippen molar-refractivity contribution in [3.63, 3.8) is 0 Å². The molecule has 1 unspecified atom stereocenters. The number of rotatable bonds is 27. The summed E-state index contributed by atoms with van der Waals surface area (Å²) in [5, 5.41) is 13.7. The first-order chi connectivity index (χ1) is 38.3. The minimum atomic E-state index is -1.03. The van der Waals surface area contributed by atoms with E-state index in [0.29, 0.717) is 115 Å². The van der Waals surface area contributed by atoms with Crippen molar-refractivity contribution in [1.29, 1.82) is 0 Å².